The van der Waals surface area contributed by atoms with Crippen molar-refractivity contribution in [3.8, 4) is 22.6 Å². The molecule has 0 aliphatic heterocycles. The zero-order valence-corrected chi connectivity index (χ0v) is 26.6. The molecule has 11 aromatic carbocycles. The molecule has 0 aromatic heterocycles. The van der Waals surface area contributed by atoms with Crippen LogP contribution in [0.1, 0.15) is 0 Å². The van der Waals surface area contributed by atoms with E-state index in [0.29, 0.717) is 0 Å². The Morgan fingerprint density at radius 3 is 1.45 bits per heavy atom. The van der Waals surface area contributed by atoms with Crippen molar-refractivity contribution in [3.05, 3.63) is 170 Å². The summed E-state index contributed by atoms with van der Waals surface area (Å²) in [6.07, 6.45) is 0. The maximum Gasteiger partial charge on any atom is 0.143 e. The van der Waals surface area contributed by atoms with Crippen molar-refractivity contribution in [1.82, 2.24) is 0 Å². The van der Waals surface area contributed by atoms with Crippen LogP contribution in [-0.4, -0.2) is 0 Å². The van der Waals surface area contributed by atoms with Crippen LogP contribution in [0.3, 0.4) is 0 Å². The third-order valence-electron chi connectivity index (χ3n) is 10.6. The predicted octanol–water partition coefficient (Wildman–Crippen LogP) is 13.8. The molecular formula is C48H28O. The van der Waals surface area contributed by atoms with Gasteiger partial charge >= 0.3 is 0 Å². The molecule has 11 rings (SSSR count). The molecule has 0 unspecified atom stereocenters. The third kappa shape index (κ3) is 3.70. The molecule has 0 saturated heterocycles. The van der Waals surface area contributed by atoms with Gasteiger partial charge in [-0.25, -0.2) is 0 Å². The van der Waals surface area contributed by atoms with E-state index >= 15 is 0 Å². The van der Waals surface area contributed by atoms with Crippen LogP contribution in [0.5, 0.6) is 11.5 Å². The Hall–Kier alpha value is -6.44. The highest BCUT2D eigenvalue weighted by Gasteiger charge is 2.21. The van der Waals surface area contributed by atoms with Gasteiger partial charge in [0.05, 0.1) is 0 Å². The Morgan fingerprint density at radius 2 is 0.755 bits per heavy atom. The minimum absolute atomic E-state index is 0.867. The maximum atomic E-state index is 7.21. The summed E-state index contributed by atoms with van der Waals surface area (Å²) in [5.74, 6) is 1.76. The van der Waals surface area contributed by atoms with Crippen LogP contribution < -0.4 is 4.74 Å². The van der Waals surface area contributed by atoms with E-state index in [0.717, 1.165) is 27.7 Å². The number of ether oxygens (including phenoxy) is 1. The predicted molar refractivity (Wildman–Crippen MR) is 210 cm³/mol. The topological polar surface area (TPSA) is 9.23 Å². The van der Waals surface area contributed by atoms with E-state index in [9.17, 15) is 0 Å². The Balaban J connectivity index is 1.21. The first-order valence-electron chi connectivity index (χ1n) is 16.9. The molecule has 0 N–H and O–H groups in total. The van der Waals surface area contributed by atoms with Crippen LogP contribution in [0.15, 0.2) is 170 Å². The summed E-state index contributed by atoms with van der Waals surface area (Å²) >= 11 is 0. The lowest BCUT2D eigenvalue weighted by atomic mass is 9.87. The zero-order valence-electron chi connectivity index (χ0n) is 26.6. The van der Waals surface area contributed by atoms with Gasteiger partial charge in [-0.05, 0) is 94.0 Å². The number of rotatable bonds is 3. The molecule has 0 spiro atoms. The average molecular weight is 621 g/mol. The summed E-state index contributed by atoms with van der Waals surface area (Å²) < 4.78 is 7.21. The maximum absolute atomic E-state index is 7.21. The van der Waals surface area contributed by atoms with E-state index in [1.54, 1.807) is 0 Å². The van der Waals surface area contributed by atoms with Crippen LogP contribution in [-0.2, 0) is 0 Å². The van der Waals surface area contributed by atoms with Crippen LogP contribution in [0.25, 0.3) is 97.3 Å². The number of hydrogen-bond donors (Lipinski definition) is 0. The average Bonchev–Trinajstić information content (AvgIpc) is 3.17. The lowest BCUT2D eigenvalue weighted by Crippen LogP contribution is -1.94. The van der Waals surface area contributed by atoms with Gasteiger partial charge in [-0.15, -0.1) is 0 Å². The first-order chi connectivity index (χ1) is 24.3. The van der Waals surface area contributed by atoms with Crippen molar-refractivity contribution in [3.63, 3.8) is 0 Å². The Kier molecular flexibility index (Phi) is 5.45. The molecule has 0 aliphatic rings. The highest BCUT2D eigenvalue weighted by molar-refractivity contribution is 6.33. The van der Waals surface area contributed by atoms with Gasteiger partial charge in [0.1, 0.15) is 11.5 Å². The Bertz CT molecular complexity index is 3030. The highest BCUT2D eigenvalue weighted by atomic mass is 16.5. The molecule has 49 heavy (non-hydrogen) atoms. The van der Waals surface area contributed by atoms with Crippen LogP contribution >= 0.6 is 0 Å². The van der Waals surface area contributed by atoms with Gasteiger partial charge in [-0.3, -0.25) is 0 Å². The monoisotopic (exact) mass is 620 g/mol. The smallest absolute Gasteiger partial charge is 0.143 e. The molecule has 1 nitrogen and oxygen atoms in total. The fourth-order valence-electron chi connectivity index (χ4n) is 8.57. The van der Waals surface area contributed by atoms with E-state index in [1.807, 2.05) is 0 Å². The standard InChI is InChI=1S/C48H28O/c1-2-15-31-30(12-1)28-43(33-17-4-3-16-32(31)33)47-37-18-5-7-20-40(37)48(41-21-8-6-19-38(41)47)49-44-27-26-39-35-23-10-14-29-13-9-22-34(45(29)35)36-24-11-25-42(44)46(36)39/h1-28H. The second-order valence-corrected chi connectivity index (χ2v) is 13.1. The minimum Gasteiger partial charge on any atom is -0.455 e. The Labute approximate surface area is 282 Å². The van der Waals surface area contributed by atoms with Gasteiger partial charge in [0.2, 0.25) is 0 Å². The second-order valence-electron chi connectivity index (χ2n) is 13.1. The molecule has 11 aromatic rings. The van der Waals surface area contributed by atoms with Gasteiger partial charge in [-0.1, -0.05) is 152 Å². The number of fused-ring (bicyclic) bond motifs is 7. The van der Waals surface area contributed by atoms with Crippen molar-refractivity contribution in [2.45, 2.75) is 0 Å². The molecule has 1 heteroatoms. The van der Waals surface area contributed by atoms with E-state index in [4.69, 9.17) is 4.74 Å². The fraction of sp³-hybridized carbons (Fsp3) is 0. The van der Waals surface area contributed by atoms with E-state index in [-0.39, 0.29) is 0 Å². The Morgan fingerprint density at radius 1 is 0.286 bits per heavy atom. The zero-order chi connectivity index (χ0) is 32.1. The summed E-state index contributed by atoms with van der Waals surface area (Å²) in [5.41, 5.74) is 2.48. The van der Waals surface area contributed by atoms with E-state index in [1.165, 1.54) is 81.1 Å². The highest BCUT2D eigenvalue weighted by Crippen LogP contribution is 2.49. The second kappa shape index (κ2) is 10.0. The van der Waals surface area contributed by atoms with Crippen molar-refractivity contribution in [1.29, 1.82) is 0 Å². The minimum atomic E-state index is 0.867. The first kappa shape index (κ1) is 26.6. The SMILES string of the molecule is c1ccc2c(c1)cc(-c1c3ccccc3c(Oc3ccc4c5cccc6cccc(c7cccc3c74)c65)c3ccccc13)c1ccccc12. The summed E-state index contributed by atoms with van der Waals surface area (Å²) in [6.45, 7) is 0. The lowest BCUT2D eigenvalue weighted by Gasteiger charge is -2.21. The molecular weight excluding hydrogens is 593 g/mol. The normalized spacial score (nSPS) is 12.1. The summed E-state index contributed by atoms with van der Waals surface area (Å²) in [5, 5.41) is 19.7. The van der Waals surface area contributed by atoms with Crippen molar-refractivity contribution < 1.29 is 4.74 Å². The van der Waals surface area contributed by atoms with E-state index in [2.05, 4.69) is 170 Å². The summed E-state index contributed by atoms with van der Waals surface area (Å²) in [6, 6.07) is 61.7. The third-order valence-corrected chi connectivity index (χ3v) is 10.6. The van der Waals surface area contributed by atoms with Gasteiger partial charge in [-0.2, -0.15) is 0 Å². The van der Waals surface area contributed by atoms with Crippen LogP contribution in [0, 0.1) is 0 Å². The fourth-order valence-corrected chi connectivity index (χ4v) is 8.57. The summed E-state index contributed by atoms with van der Waals surface area (Å²) in [4.78, 5) is 0. The first-order valence-corrected chi connectivity index (χ1v) is 16.9. The van der Waals surface area contributed by atoms with Crippen LogP contribution in [0.4, 0.5) is 0 Å². The van der Waals surface area contributed by atoms with E-state index < -0.39 is 0 Å². The van der Waals surface area contributed by atoms with Gasteiger partial charge in [0, 0.05) is 21.5 Å². The quantitative estimate of drug-likeness (QED) is 0.141. The van der Waals surface area contributed by atoms with Crippen LogP contribution in [0.2, 0.25) is 0 Å². The van der Waals surface area contributed by atoms with Gasteiger partial charge in [0.25, 0.3) is 0 Å². The lowest BCUT2D eigenvalue weighted by molar-refractivity contribution is 0.500. The molecule has 0 fully saturated rings. The number of benzene rings is 11. The largest absolute Gasteiger partial charge is 0.455 e. The van der Waals surface area contributed by atoms with Crippen molar-refractivity contribution in [2.24, 2.45) is 0 Å². The van der Waals surface area contributed by atoms with Gasteiger partial charge in [0.15, 0.2) is 0 Å². The molecule has 226 valence electrons. The van der Waals surface area contributed by atoms with Crippen molar-refractivity contribution in [2.75, 3.05) is 0 Å². The number of hydrogen-bond acceptors (Lipinski definition) is 1. The molecule has 0 atom stereocenters. The molecule has 0 amide bonds. The summed E-state index contributed by atoms with van der Waals surface area (Å²) in [7, 11) is 0. The van der Waals surface area contributed by atoms with Crippen molar-refractivity contribution >= 4 is 86.2 Å². The molecule has 0 saturated carbocycles. The van der Waals surface area contributed by atoms with Gasteiger partial charge < -0.3 is 4.74 Å². The molecule has 0 bridgehead atoms. The molecule has 0 heterocycles. The molecule has 0 radical (unpaired) electrons. The molecule has 0 aliphatic carbocycles.